The van der Waals surface area contributed by atoms with Crippen LogP contribution >= 0.6 is 0 Å². The molecule has 0 aromatic heterocycles. The lowest BCUT2D eigenvalue weighted by molar-refractivity contribution is -0.0639. The summed E-state index contributed by atoms with van der Waals surface area (Å²) in [6.45, 7) is 20.6. The van der Waals surface area contributed by atoms with Gasteiger partial charge in [-0.15, -0.1) is 0 Å². The normalized spacial score (nSPS) is 47.0. The van der Waals surface area contributed by atoms with Crippen LogP contribution in [0, 0.1) is 40.4 Å². The molecule has 0 amide bonds. The van der Waals surface area contributed by atoms with Crippen LogP contribution < -0.4 is 0 Å². The molecule has 3 fully saturated rings. The zero-order chi connectivity index (χ0) is 19.1. The third-order valence-electron chi connectivity index (χ3n) is 8.67. The van der Waals surface area contributed by atoms with Crippen molar-refractivity contribution in [2.45, 2.75) is 73.1 Å². The SMILES string of the molecule is C=C/C=C1/CCC2C(C(C)CC3(C)C(C(=C)CC)CCC23)C1(C)/C=C\C. The van der Waals surface area contributed by atoms with Gasteiger partial charge < -0.3 is 0 Å². The molecule has 0 aromatic carbocycles. The maximum absolute atomic E-state index is 4.48. The van der Waals surface area contributed by atoms with E-state index in [1.54, 1.807) is 5.57 Å². The molecule has 0 aromatic rings. The Labute approximate surface area is 162 Å². The van der Waals surface area contributed by atoms with E-state index in [0.717, 1.165) is 36.0 Å². The molecular weight excluding hydrogens is 312 g/mol. The van der Waals surface area contributed by atoms with E-state index in [1.165, 1.54) is 37.7 Å². The number of fused-ring (bicyclic) bond motifs is 3. The standard InChI is InChI=1S/C26H40/c1-8-11-20-12-13-21-23-15-14-22(18(4)10-3)26(23,7)17-19(5)24(21)25(20,6)16-9-2/h8-9,11,16,19,21-24H,1,4,10,12-15,17H2,2-3,5-7H3/b16-9-,20-11-. The molecule has 3 rings (SSSR count). The van der Waals surface area contributed by atoms with Gasteiger partial charge in [-0.2, -0.15) is 0 Å². The van der Waals surface area contributed by atoms with Crippen molar-refractivity contribution in [3.8, 4) is 0 Å². The molecule has 0 aliphatic heterocycles. The fraction of sp³-hybridized carbons (Fsp3) is 0.692. The molecule has 0 heterocycles. The molecule has 3 saturated carbocycles. The van der Waals surface area contributed by atoms with E-state index in [-0.39, 0.29) is 5.41 Å². The zero-order valence-electron chi connectivity index (χ0n) is 17.9. The molecule has 0 heteroatoms. The molecule has 3 aliphatic carbocycles. The van der Waals surface area contributed by atoms with Crippen molar-refractivity contribution in [1.82, 2.24) is 0 Å². The number of allylic oxidation sites excluding steroid dienone is 6. The monoisotopic (exact) mass is 352 g/mol. The molecule has 7 unspecified atom stereocenters. The van der Waals surface area contributed by atoms with Crippen LogP contribution in [0.15, 0.2) is 48.6 Å². The number of hydrogen-bond acceptors (Lipinski definition) is 0. The predicted octanol–water partition coefficient (Wildman–Crippen LogP) is 7.75. The van der Waals surface area contributed by atoms with Crippen molar-refractivity contribution in [3.63, 3.8) is 0 Å². The molecule has 0 bridgehead atoms. The first-order chi connectivity index (χ1) is 12.3. The van der Waals surface area contributed by atoms with Gasteiger partial charge in [-0.25, -0.2) is 0 Å². The van der Waals surface area contributed by atoms with Crippen LogP contribution in [0.5, 0.6) is 0 Å². The zero-order valence-corrected chi connectivity index (χ0v) is 17.9. The highest BCUT2D eigenvalue weighted by Crippen LogP contribution is 2.68. The Kier molecular flexibility index (Phi) is 5.44. The van der Waals surface area contributed by atoms with Crippen LogP contribution in [-0.4, -0.2) is 0 Å². The molecule has 144 valence electrons. The van der Waals surface area contributed by atoms with E-state index >= 15 is 0 Å². The average Bonchev–Trinajstić information content (AvgIpc) is 2.93. The Hall–Kier alpha value is -1.04. The van der Waals surface area contributed by atoms with Crippen LogP contribution in [0.25, 0.3) is 0 Å². The van der Waals surface area contributed by atoms with Crippen molar-refractivity contribution < 1.29 is 0 Å². The quantitative estimate of drug-likeness (QED) is 0.454. The topological polar surface area (TPSA) is 0 Å². The highest BCUT2D eigenvalue weighted by Gasteiger charge is 2.60. The smallest absolute Gasteiger partial charge is 0.00989 e. The highest BCUT2D eigenvalue weighted by atomic mass is 14.6. The summed E-state index contributed by atoms with van der Waals surface area (Å²) in [6.07, 6.45) is 17.0. The maximum Gasteiger partial charge on any atom is 0.00989 e. The van der Waals surface area contributed by atoms with E-state index in [4.69, 9.17) is 0 Å². The maximum atomic E-state index is 4.48. The van der Waals surface area contributed by atoms with Crippen molar-refractivity contribution in [2.75, 3.05) is 0 Å². The van der Waals surface area contributed by atoms with E-state index in [1.807, 2.05) is 6.08 Å². The van der Waals surface area contributed by atoms with Crippen LogP contribution in [0.2, 0.25) is 0 Å². The summed E-state index contributed by atoms with van der Waals surface area (Å²) < 4.78 is 0. The Morgan fingerprint density at radius 3 is 2.58 bits per heavy atom. The highest BCUT2D eigenvalue weighted by molar-refractivity contribution is 5.31. The largest absolute Gasteiger partial charge is 0.0996 e. The molecular formula is C26H40. The van der Waals surface area contributed by atoms with Gasteiger partial charge in [-0.05, 0) is 80.5 Å². The molecule has 0 spiro atoms. The lowest BCUT2D eigenvalue weighted by Crippen LogP contribution is -2.52. The van der Waals surface area contributed by atoms with Crippen molar-refractivity contribution in [2.24, 2.45) is 40.4 Å². The third kappa shape index (κ3) is 2.79. The van der Waals surface area contributed by atoms with E-state index in [0.29, 0.717) is 5.41 Å². The summed E-state index contributed by atoms with van der Waals surface area (Å²) in [5.41, 5.74) is 3.80. The summed E-state index contributed by atoms with van der Waals surface area (Å²) in [4.78, 5) is 0. The third-order valence-corrected chi connectivity index (χ3v) is 8.67. The van der Waals surface area contributed by atoms with Crippen molar-refractivity contribution in [3.05, 3.63) is 48.6 Å². The summed E-state index contributed by atoms with van der Waals surface area (Å²) in [6, 6.07) is 0. The Morgan fingerprint density at radius 1 is 1.23 bits per heavy atom. The van der Waals surface area contributed by atoms with E-state index in [2.05, 4.69) is 66.0 Å². The Morgan fingerprint density at radius 2 is 1.96 bits per heavy atom. The Balaban J connectivity index is 2.01. The minimum atomic E-state index is 0.201. The molecule has 0 nitrogen and oxygen atoms in total. The second-order valence-corrected chi connectivity index (χ2v) is 9.87. The first-order valence-electron chi connectivity index (χ1n) is 11.0. The predicted molar refractivity (Wildman–Crippen MR) is 115 cm³/mol. The fourth-order valence-electron chi connectivity index (χ4n) is 7.86. The van der Waals surface area contributed by atoms with Crippen LogP contribution in [0.4, 0.5) is 0 Å². The Bertz CT molecular complexity index is 620. The molecule has 0 saturated heterocycles. The second kappa shape index (κ2) is 7.17. The fourth-order valence-corrected chi connectivity index (χ4v) is 7.86. The van der Waals surface area contributed by atoms with Crippen LogP contribution in [-0.2, 0) is 0 Å². The lowest BCUT2D eigenvalue weighted by atomic mass is 9.45. The summed E-state index contributed by atoms with van der Waals surface area (Å²) in [7, 11) is 0. The van der Waals surface area contributed by atoms with Gasteiger partial charge in [0, 0.05) is 5.41 Å². The van der Waals surface area contributed by atoms with Gasteiger partial charge >= 0.3 is 0 Å². The number of hydrogen-bond donors (Lipinski definition) is 0. The van der Waals surface area contributed by atoms with Gasteiger partial charge in [0.2, 0.25) is 0 Å². The average molecular weight is 353 g/mol. The minimum Gasteiger partial charge on any atom is -0.0996 e. The van der Waals surface area contributed by atoms with Gasteiger partial charge in [0.05, 0.1) is 0 Å². The van der Waals surface area contributed by atoms with Crippen LogP contribution in [0.1, 0.15) is 73.1 Å². The van der Waals surface area contributed by atoms with Gasteiger partial charge in [-0.3, -0.25) is 0 Å². The van der Waals surface area contributed by atoms with E-state index < -0.39 is 0 Å². The van der Waals surface area contributed by atoms with Crippen molar-refractivity contribution in [1.29, 1.82) is 0 Å². The van der Waals surface area contributed by atoms with Gasteiger partial charge in [0.15, 0.2) is 0 Å². The number of rotatable bonds is 4. The van der Waals surface area contributed by atoms with Crippen LogP contribution in [0.3, 0.4) is 0 Å². The summed E-state index contributed by atoms with van der Waals surface area (Å²) >= 11 is 0. The summed E-state index contributed by atoms with van der Waals surface area (Å²) in [5, 5.41) is 0. The molecule has 26 heavy (non-hydrogen) atoms. The van der Waals surface area contributed by atoms with Crippen molar-refractivity contribution >= 4 is 0 Å². The molecule has 0 N–H and O–H groups in total. The van der Waals surface area contributed by atoms with Gasteiger partial charge in [-0.1, -0.05) is 76.3 Å². The lowest BCUT2D eigenvalue weighted by Gasteiger charge is -2.59. The van der Waals surface area contributed by atoms with Gasteiger partial charge in [0.1, 0.15) is 0 Å². The second-order valence-electron chi connectivity index (χ2n) is 9.87. The van der Waals surface area contributed by atoms with Gasteiger partial charge in [0.25, 0.3) is 0 Å². The molecule has 7 atom stereocenters. The minimum absolute atomic E-state index is 0.201. The molecule has 3 aliphatic rings. The summed E-state index contributed by atoms with van der Waals surface area (Å²) in [5.74, 6) is 4.03. The molecule has 0 radical (unpaired) electrons. The first kappa shape index (κ1) is 19.7. The first-order valence-corrected chi connectivity index (χ1v) is 11.0. The van der Waals surface area contributed by atoms with E-state index in [9.17, 15) is 0 Å².